The Morgan fingerprint density at radius 3 is 2.31 bits per heavy atom. The van der Waals surface area contributed by atoms with Crippen LogP contribution in [-0.2, 0) is 16.1 Å². The largest absolute Gasteiger partial charge is 0.484 e. The smallest absolute Gasteiger partial charge is 0.261 e. The molecule has 0 aliphatic heterocycles. The van der Waals surface area contributed by atoms with Gasteiger partial charge in [0, 0.05) is 17.6 Å². The zero-order chi connectivity index (χ0) is 21.4. The topological polar surface area (TPSA) is 58.6 Å². The van der Waals surface area contributed by atoms with E-state index in [1.54, 1.807) is 43.3 Å². The third-order valence-electron chi connectivity index (χ3n) is 4.61. The second-order valence-electron chi connectivity index (χ2n) is 6.88. The first-order valence-corrected chi connectivity index (χ1v) is 9.90. The number of amides is 2. The Kier molecular flexibility index (Phi) is 8.46. The molecule has 0 spiro atoms. The maximum absolute atomic E-state index is 13.2. The second-order valence-corrected chi connectivity index (χ2v) is 7.32. The van der Waals surface area contributed by atoms with E-state index >= 15 is 0 Å². The summed E-state index contributed by atoms with van der Waals surface area (Å²) in [6.07, 6.45) is 0.782. The van der Waals surface area contributed by atoms with Gasteiger partial charge in [0.15, 0.2) is 6.61 Å². The molecule has 0 saturated heterocycles. The third-order valence-corrected chi connectivity index (χ3v) is 4.86. The van der Waals surface area contributed by atoms with Crippen LogP contribution in [0.15, 0.2) is 48.5 Å². The van der Waals surface area contributed by atoms with Gasteiger partial charge in [0.25, 0.3) is 5.91 Å². The van der Waals surface area contributed by atoms with Crippen LogP contribution in [0.5, 0.6) is 5.75 Å². The lowest BCUT2D eigenvalue weighted by atomic mass is 10.1. The van der Waals surface area contributed by atoms with Crippen molar-refractivity contribution in [3.05, 3.63) is 64.9 Å². The van der Waals surface area contributed by atoms with Crippen LogP contribution in [0.4, 0.5) is 4.39 Å². The number of hydrogen-bond donors (Lipinski definition) is 1. The normalized spacial score (nSPS) is 12.7. The number of ether oxygens (including phenoxy) is 1. The molecule has 156 valence electrons. The van der Waals surface area contributed by atoms with E-state index in [9.17, 15) is 14.0 Å². The van der Waals surface area contributed by atoms with Gasteiger partial charge in [-0.2, -0.15) is 0 Å². The molecule has 0 aliphatic carbocycles. The Morgan fingerprint density at radius 1 is 1.10 bits per heavy atom. The van der Waals surface area contributed by atoms with Crippen LogP contribution in [0.1, 0.15) is 32.8 Å². The van der Waals surface area contributed by atoms with Gasteiger partial charge in [-0.25, -0.2) is 4.39 Å². The van der Waals surface area contributed by atoms with Crippen molar-refractivity contribution in [1.29, 1.82) is 0 Å². The maximum Gasteiger partial charge on any atom is 0.261 e. The molecule has 5 nitrogen and oxygen atoms in total. The van der Waals surface area contributed by atoms with E-state index in [-0.39, 0.29) is 36.8 Å². The summed E-state index contributed by atoms with van der Waals surface area (Å²) in [6, 6.07) is 11.8. The lowest BCUT2D eigenvalue weighted by Gasteiger charge is -2.29. The van der Waals surface area contributed by atoms with Gasteiger partial charge in [-0.05, 0) is 62.2 Å². The zero-order valence-corrected chi connectivity index (χ0v) is 17.6. The van der Waals surface area contributed by atoms with Crippen LogP contribution in [-0.4, -0.2) is 35.4 Å². The standard InChI is InChI=1S/C22H26ClFN2O3/c1-4-15(2)25-22(28)16(3)26(13-17-5-9-19(24)10-6-17)21(27)14-29-20-11-7-18(23)8-12-20/h5-12,15-16H,4,13-14H2,1-3H3,(H,25,28)/t15-,16+/m1/s1. The molecule has 2 atom stereocenters. The fourth-order valence-electron chi connectivity index (χ4n) is 2.59. The number of carbonyl (C=O) groups is 2. The van der Waals surface area contributed by atoms with Crippen molar-refractivity contribution in [2.24, 2.45) is 0 Å². The van der Waals surface area contributed by atoms with Crippen LogP contribution in [0.3, 0.4) is 0 Å². The number of hydrogen-bond acceptors (Lipinski definition) is 3. The Labute approximate surface area is 175 Å². The summed E-state index contributed by atoms with van der Waals surface area (Å²) < 4.78 is 18.8. The second kappa shape index (κ2) is 10.8. The molecular weight excluding hydrogens is 395 g/mol. The van der Waals surface area contributed by atoms with Gasteiger partial charge in [-0.3, -0.25) is 9.59 Å². The summed E-state index contributed by atoms with van der Waals surface area (Å²) in [5.41, 5.74) is 0.717. The molecule has 29 heavy (non-hydrogen) atoms. The number of nitrogens with zero attached hydrogens (tertiary/aromatic N) is 1. The van der Waals surface area contributed by atoms with E-state index in [2.05, 4.69) is 5.32 Å². The average molecular weight is 421 g/mol. The zero-order valence-electron chi connectivity index (χ0n) is 16.8. The molecule has 0 heterocycles. The van der Waals surface area contributed by atoms with Gasteiger partial charge in [0.2, 0.25) is 5.91 Å². The molecule has 0 aromatic heterocycles. The quantitative estimate of drug-likeness (QED) is 0.661. The molecule has 1 N–H and O–H groups in total. The molecule has 0 bridgehead atoms. The highest BCUT2D eigenvalue weighted by atomic mass is 35.5. The van der Waals surface area contributed by atoms with Crippen LogP contribution in [0, 0.1) is 5.82 Å². The Morgan fingerprint density at radius 2 is 1.72 bits per heavy atom. The SMILES string of the molecule is CC[C@@H](C)NC(=O)[C@H](C)N(Cc1ccc(F)cc1)C(=O)COc1ccc(Cl)cc1. The van der Waals surface area contributed by atoms with Crippen molar-refractivity contribution in [2.45, 2.75) is 45.8 Å². The highest BCUT2D eigenvalue weighted by molar-refractivity contribution is 6.30. The Balaban J connectivity index is 2.13. The van der Waals surface area contributed by atoms with Gasteiger partial charge in [0.05, 0.1) is 0 Å². The van der Waals surface area contributed by atoms with Crippen LogP contribution < -0.4 is 10.1 Å². The van der Waals surface area contributed by atoms with Crippen molar-refractivity contribution in [2.75, 3.05) is 6.61 Å². The van der Waals surface area contributed by atoms with Crippen LogP contribution in [0.2, 0.25) is 5.02 Å². The van der Waals surface area contributed by atoms with E-state index in [0.717, 1.165) is 12.0 Å². The van der Waals surface area contributed by atoms with Gasteiger partial charge >= 0.3 is 0 Å². The molecule has 0 saturated carbocycles. The van der Waals surface area contributed by atoms with E-state index in [4.69, 9.17) is 16.3 Å². The van der Waals surface area contributed by atoms with Crippen molar-refractivity contribution < 1.29 is 18.7 Å². The van der Waals surface area contributed by atoms with Crippen molar-refractivity contribution in [3.63, 3.8) is 0 Å². The molecule has 0 radical (unpaired) electrons. The van der Waals surface area contributed by atoms with Gasteiger partial charge < -0.3 is 15.0 Å². The number of nitrogens with one attached hydrogen (secondary N) is 1. The van der Waals surface area contributed by atoms with Gasteiger partial charge in [-0.15, -0.1) is 0 Å². The summed E-state index contributed by atoms with van der Waals surface area (Å²) in [6.45, 7) is 5.47. The first-order valence-electron chi connectivity index (χ1n) is 9.52. The summed E-state index contributed by atoms with van der Waals surface area (Å²) >= 11 is 5.85. The molecule has 2 aromatic carbocycles. The number of carbonyl (C=O) groups excluding carboxylic acids is 2. The first-order chi connectivity index (χ1) is 13.8. The van der Waals surface area contributed by atoms with E-state index < -0.39 is 6.04 Å². The van der Waals surface area contributed by atoms with E-state index in [1.165, 1.54) is 17.0 Å². The molecule has 2 amide bonds. The van der Waals surface area contributed by atoms with Crippen molar-refractivity contribution in [1.82, 2.24) is 10.2 Å². The fourth-order valence-corrected chi connectivity index (χ4v) is 2.72. The highest BCUT2D eigenvalue weighted by Gasteiger charge is 2.27. The monoisotopic (exact) mass is 420 g/mol. The molecule has 0 unspecified atom stereocenters. The number of benzene rings is 2. The van der Waals surface area contributed by atoms with Crippen molar-refractivity contribution >= 4 is 23.4 Å². The number of halogens is 2. The number of rotatable bonds is 9. The maximum atomic E-state index is 13.2. The average Bonchev–Trinajstić information content (AvgIpc) is 2.72. The predicted octanol–water partition coefficient (Wildman–Crippen LogP) is 4.19. The summed E-state index contributed by atoms with van der Waals surface area (Å²) in [7, 11) is 0. The van der Waals surface area contributed by atoms with Crippen molar-refractivity contribution in [3.8, 4) is 5.75 Å². The minimum atomic E-state index is -0.713. The molecule has 0 aliphatic rings. The Bertz CT molecular complexity index is 812. The summed E-state index contributed by atoms with van der Waals surface area (Å²) in [5.74, 6) is -0.459. The summed E-state index contributed by atoms with van der Waals surface area (Å²) in [4.78, 5) is 26.9. The molecule has 0 fully saturated rings. The van der Waals surface area contributed by atoms with Gasteiger partial charge in [0.1, 0.15) is 17.6 Å². The van der Waals surface area contributed by atoms with E-state index in [0.29, 0.717) is 10.8 Å². The first kappa shape index (κ1) is 22.7. The predicted molar refractivity (Wildman–Crippen MR) is 111 cm³/mol. The van der Waals surface area contributed by atoms with Crippen LogP contribution >= 0.6 is 11.6 Å². The van der Waals surface area contributed by atoms with Crippen LogP contribution in [0.25, 0.3) is 0 Å². The molecule has 7 heteroatoms. The molecule has 2 aromatic rings. The third kappa shape index (κ3) is 7.06. The highest BCUT2D eigenvalue weighted by Crippen LogP contribution is 2.16. The minimum Gasteiger partial charge on any atom is -0.484 e. The fraction of sp³-hybridized carbons (Fsp3) is 0.364. The Hall–Kier alpha value is -2.60. The minimum absolute atomic E-state index is 0.00181. The van der Waals surface area contributed by atoms with E-state index in [1.807, 2.05) is 13.8 Å². The molecular formula is C22H26ClFN2O3. The van der Waals surface area contributed by atoms with Gasteiger partial charge in [-0.1, -0.05) is 30.7 Å². The lowest BCUT2D eigenvalue weighted by Crippen LogP contribution is -2.50. The lowest BCUT2D eigenvalue weighted by molar-refractivity contribution is -0.142. The summed E-state index contributed by atoms with van der Waals surface area (Å²) in [5, 5.41) is 3.46. The molecule has 2 rings (SSSR count).